The van der Waals surface area contributed by atoms with Crippen LogP contribution in [-0.2, 0) is 21.4 Å². The molecule has 0 bridgehead atoms. The lowest BCUT2D eigenvalue weighted by atomic mass is 9.59. The molecule has 2 aromatic rings. The van der Waals surface area contributed by atoms with Crippen molar-refractivity contribution in [2.75, 3.05) is 13.7 Å². The predicted octanol–water partition coefficient (Wildman–Crippen LogP) is 3.97. The van der Waals surface area contributed by atoms with Gasteiger partial charge in [0, 0.05) is 30.5 Å². The van der Waals surface area contributed by atoms with Gasteiger partial charge in [0.15, 0.2) is 0 Å². The Bertz CT molecular complexity index is 988. The number of rotatable bonds is 2. The lowest BCUT2D eigenvalue weighted by Gasteiger charge is -2.47. The smallest absolute Gasteiger partial charge is 0.283 e. The number of hydrogen-bond donors (Lipinski definition) is 1. The van der Waals surface area contributed by atoms with E-state index in [0.29, 0.717) is 24.7 Å². The van der Waals surface area contributed by atoms with Gasteiger partial charge < -0.3 is 15.2 Å². The molecule has 1 aromatic carbocycles. The lowest BCUT2D eigenvalue weighted by Crippen LogP contribution is -2.48. The van der Waals surface area contributed by atoms with E-state index in [1.165, 1.54) is 16.7 Å². The van der Waals surface area contributed by atoms with Crippen molar-refractivity contribution in [3.8, 4) is 11.1 Å². The van der Waals surface area contributed by atoms with Crippen molar-refractivity contribution >= 4 is 6.02 Å². The zero-order valence-corrected chi connectivity index (χ0v) is 17.4. The molecule has 5 rings (SSSR count). The van der Waals surface area contributed by atoms with Gasteiger partial charge in [-0.15, -0.1) is 0 Å². The highest BCUT2D eigenvalue weighted by Crippen LogP contribution is 2.62. The first-order valence-electron chi connectivity index (χ1n) is 10.5. The summed E-state index contributed by atoms with van der Waals surface area (Å²) in [7, 11) is 1.83. The molecule has 0 saturated heterocycles. The Hall–Kier alpha value is -2.40. The molecular formula is C24H29N3O2. The van der Waals surface area contributed by atoms with E-state index in [2.05, 4.69) is 43.1 Å². The number of hydrogen-bond acceptors (Lipinski definition) is 5. The van der Waals surface area contributed by atoms with Crippen LogP contribution in [0.2, 0.25) is 0 Å². The molecule has 29 heavy (non-hydrogen) atoms. The molecule has 1 aliphatic heterocycles. The number of nitrogens with two attached hydrogens (primary N) is 1. The van der Waals surface area contributed by atoms with Gasteiger partial charge >= 0.3 is 0 Å². The van der Waals surface area contributed by atoms with E-state index in [-0.39, 0.29) is 5.41 Å². The predicted molar refractivity (Wildman–Crippen MR) is 114 cm³/mol. The van der Waals surface area contributed by atoms with Gasteiger partial charge in [-0.1, -0.05) is 19.1 Å². The summed E-state index contributed by atoms with van der Waals surface area (Å²) >= 11 is 0. The number of pyridine rings is 1. The fourth-order valence-electron chi connectivity index (χ4n) is 6.08. The van der Waals surface area contributed by atoms with Crippen LogP contribution in [0.5, 0.6) is 0 Å². The highest BCUT2D eigenvalue weighted by molar-refractivity contribution is 5.76. The molecule has 0 radical (unpaired) electrons. The van der Waals surface area contributed by atoms with Gasteiger partial charge in [-0.05, 0) is 72.9 Å². The van der Waals surface area contributed by atoms with Crippen LogP contribution in [0.25, 0.3) is 11.1 Å². The SMILES string of the molecule is CO[C@H]1CC[C@@]2(Cc3ccc(-c4cncc(C)c4)cc3C23COC(N)=N3)C[C@@H]1C. The van der Waals surface area contributed by atoms with E-state index < -0.39 is 5.54 Å². The van der Waals surface area contributed by atoms with Crippen LogP contribution in [0, 0.1) is 18.3 Å². The molecule has 3 aliphatic rings. The Morgan fingerprint density at radius 1 is 1.21 bits per heavy atom. The standard InChI is InChI=1S/C24H29N3O2/c1-15-8-19(13-26-12-15)17-4-5-18-11-23(7-6-21(28-3)16(2)10-23)24(20(18)9-17)14-29-22(25)27-24/h4-5,8-9,12-13,16,21H,6-7,10-11,14H2,1-3H3,(H2,25,27)/t16-,21-,23-,24?/m0/s1. The summed E-state index contributed by atoms with van der Waals surface area (Å²) in [4.78, 5) is 9.37. The molecule has 152 valence electrons. The van der Waals surface area contributed by atoms with Gasteiger partial charge in [0.05, 0.1) is 6.10 Å². The van der Waals surface area contributed by atoms with Gasteiger partial charge in [0.1, 0.15) is 12.1 Å². The molecule has 0 amide bonds. The van der Waals surface area contributed by atoms with Crippen LogP contribution in [-0.4, -0.2) is 30.8 Å². The van der Waals surface area contributed by atoms with Crippen LogP contribution in [0.1, 0.15) is 42.9 Å². The van der Waals surface area contributed by atoms with Gasteiger partial charge in [0.2, 0.25) is 0 Å². The van der Waals surface area contributed by atoms with E-state index >= 15 is 0 Å². The van der Waals surface area contributed by atoms with Gasteiger partial charge in [-0.3, -0.25) is 4.98 Å². The Kier molecular flexibility index (Phi) is 4.21. The Labute approximate surface area is 172 Å². The van der Waals surface area contributed by atoms with Crippen molar-refractivity contribution in [3.63, 3.8) is 0 Å². The number of aromatic nitrogens is 1. The average Bonchev–Trinajstić information content (AvgIpc) is 3.21. The summed E-state index contributed by atoms with van der Waals surface area (Å²) in [5, 5.41) is 0. The molecule has 1 fully saturated rings. The summed E-state index contributed by atoms with van der Waals surface area (Å²) in [6.45, 7) is 4.91. The minimum Gasteiger partial charge on any atom is -0.462 e. The largest absolute Gasteiger partial charge is 0.462 e. The maximum Gasteiger partial charge on any atom is 0.283 e. The normalized spacial score (nSPS) is 33.0. The number of ether oxygens (including phenoxy) is 2. The molecule has 2 N–H and O–H groups in total. The fraction of sp³-hybridized carbons (Fsp3) is 0.500. The van der Waals surface area contributed by atoms with Crippen molar-refractivity contribution in [2.45, 2.75) is 51.2 Å². The molecule has 1 aromatic heterocycles. The number of amidine groups is 1. The Morgan fingerprint density at radius 3 is 2.76 bits per heavy atom. The van der Waals surface area contributed by atoms with E-state index in [4.69, 9.17) is 20.2 Å². The molecule has 5 heteroatoms. The monoisotopic (exact) mass is 391 g/mol. The van der Waals surface area contributed by atoms with Crippen molar-refractivity contribution < 1.29 is 9.47 Å². The van der Waals surface area contributed by atoms with Crippen molar-refractivity contribution in [1.29, 1.82) is 0 Å². The summed E-state index contributed by atoms with van der Waals surface area (Å²) in [6, 6.07) is 9.30. The van der Waals surface area contributed by atoms with Crippen LogP contribution >= 0.6 is 0 Å². The first-order chi connectivity index (χ1) is 14.0. The first-order valence-corrected chi connectivity index (χ1v) is 10.5. The van der Waals surface area contributed by atoms with E-state index in [1.807, 2.05) is 19.5 Å². The highest BCUT2D eigenvalue weighted by Gasteiger charge is 2.62. The number of fused-ring (bicyclic) bond motifs is 3. The van der Waals surface area contributed by atoms with E-state index in [9.17, 15) is 0 Å². The third kappa shape index (κ3) is 2.71. The average molecular weight is 392 g/mol. The van der Waals surface area contributed by atoms with Crippen molar-refractivity contribution in [2.24, 2.45) is 22.1 Å². The number of methoxy groups -OCH3 is 1. The second kappa shape index (κ2) is 6.56. The molecule has 4 atom stereocenters. The minimum atomic E-state index is -0.396. The van der Waals surface area contributed by atoms with Crippen LogP contribution in [0.15, 0.2) is 41.7 Å². The quantitative estimate of drug-likeness (QED) is 0.841. The van der Waals surface area contributed by atoms with Gasteiger partial charge in [-0.2, -0.15) is 0 Å². The molecule has 1 unspecified atom stereocenters. The molecule has 2 heterocycles. The van der Waals surface area contributed by atoms with E-state index in [0.717, 1.165) is 36.8 Å². The molecule has 5 nitrogen and oxygen atoms in total. The zero-order valence-electron chi connectivity index (χ0n) is 17.4. The lowest BCUT2D eigenvalue weighted by molar-refractivity contribution is -0.0445. The highest BCUT2D eigenvalue weighted by atomic mass is 16.5. The van der Waals surface area contributed by atoms with Crippen LogP contribution in [0.3, 0.4) is 0 Å². The maximum atomic E-state index is 6.09. The van der Waals surface area contributed by atoms with Crippen molar-refractivity contribution in [1.82, 2.24) is 4.98 Å². The second-order valence-corrected chi connectivity index (χ2v) is 9.17. The fourth-order valence-corrected chi connectivity index (χ4v) is 6.08. The topological polar surface area (TPSA) is 69.7 Å². The maximum absolute atomic E-state index is 6.09. The third-order valence-corrected chi connectivity index (χ3v) is 7.46. The number of aryl methyl sites for hydroxylation is 1. The second-order valence-electron chi connectivity index (χ2n) is 9.17. The van der Waals surface area contributed by atoms with Gasteiger partial charge in [0.25, 0.3) is 6.02 Å². The van der Waals surface area contributed by atoms with Crippen LogP contribution < -0.4 is 5.73 Å². The third-order valence-electron chi connectivity index (χ3n) is 7.46. The van der Waals surface area contributed by atoms with E-state index in [1.54, 1.807) is 0 Å². The molecule has 1 saturated carbocycles. The molecule has 2 spiro atoms. The summed E-state index contributed by atoms with van der Waals surface area (Å²) in [5.41, 5.74) is 11.9. The number of benzene rings is 1. The molecular weight excluding hydrogens is 362 g/mol. The van der Waals surface area contributed by atoms with Gasteiger partial charge in [-0.25, -0.2) is 4.99 Å². The number of nitrogens with zero attached hydrogens (tertiary/aromatic N) is 2. The van der Waals surface area contributed by atoms with Crippen molar-refractivity contribution in [3.05, 3.63) is 53.3 Å². The molecule has 2 aliphatic carbocycles. The zero-order chi connectivity index (χ0) is 20.2. The summed E-state index contributed by atoms with van der Waals surface area (Å²) in [6.07, 6.45) is 8.36. The minimum absolute atomic E-state index is 0.0361. The summed E-state index contributed by atoms with van der Waals surface area (Å²) in [5.74, 6) is 0.484. The first kappa shape index (κ1) is 18.6. The number of aliphatic imine (C=N–C) groups is 1. The van der Waals surface area contributed by atoms with Crippen LogP contribution in [0.4, 0.5) is 0 Å². The Balaban J connectivity index is 1.62. The summed E-state index contributed by atoms with van der Waals surface area (Å²) < 4.78 is 11.6. The Morgan fingerprint density at radius 2 is 2.07 bits per heavy atom.